The highest BCUT2D eigenvalue weighted by atomic mass is 19.3. The molecule has 0 atom stereocenters. The third kappa shape index (κ3) is 7.81. The topological polar surface area (TPSA) is 69.3 Å². The average Bonchev–Trinajstić information content (AvgIpc) is 3.30. The number of hydrogen-bond acceptors (Lipinski definition) is 6. The number of piperazine rings is 1. The molecule has 0 aliphatic carbocycles. The Morgan fingerprint density at radius 1 is 1.14 bits per heavy atom. The van der Waals surface area contributed by atoms with Gasteiger partial charge in [-0.3, -0.25) is 9.80 Å². The zero-order valence-electron chi connectivity index (χ0n) is 20.5. The molecule has 35 heavy (non-hydrogen) atoms. The van der Waals surface area contributed by atoms with E-state index in [1.165, 1.54) is 5.56 Å². The first-order valence-electron chi connectivity index (χ1n) is 12.1. The van der Waals surface area contributed by atoms with E-state index in [2.05, 4.69) is 79.2 Å². The second kappa shape index (κ2) is 13.9. The number of nitrogens with zero attached hydrogens (tertiary/aromatic N) is 4. The molecule has 4 rings (SSSR count). The molecule has 3 heterocycles. The van der Waals surface area contributed by atoms with Crippen LogP contribution in [0.1, 0.15) is 26.8 Å². The number of unbranched alkanes of at least 4 members (excludes halogenated alkanes) is 1. The summed E-state index contributed by atoms with van der Waals surface area (Å²) >= 11 is 0. The predicted octanol–water partition coefficient (Wildman–Crippen LogP) is 5.24. The molecule has 192 valence electrons. The highest BCUT2D eigenvalue weighted by Crippen LogP contribution is 2.28. The van der Waals surface area contributed by atoms with Crippen molar-refractivity contribution in [3.63, 3.8) is 0 Å². The molecular weight excluding hydrogens is 450 g/mol. The minimum atomic E-state index is -2.68. The quantitative estimate of drug-likeness (QED) is 0.284. The largest absolute Gasteiger partial charge is 0.354 e. The summed E-state index contributed by atoms with van der Waals surface area (Å²) in [6.07, 6.45) is 6.09. The Labute approximate surface area is 207 Å². The monoisotopic (exact) mass is 488 g/mol. The number of hydrogen-bond donors (Lipinski definition) is 2. The molecule has 1 saturated heterocycles. The molecule has 0 radical (unpaired) electrons. The summed E-state index contributed by atoms with van der Waals surface area (Å²) in [4.78, 5) is 16.9. The lowest BCUT2D eigenvalue weighted by atomic mass is 10.0. The fraction of sp³-hybridized carbons (Fsp3) is 0.462. The molecule has 3 aromatic rings. The number of benzene rings is 1. The summed E-state index contributed by atoms with van der Waals surface area (Å²) in [6, 6.07) is 8.61. The van der Waals surface area contributed by atoms with Crippen LogP contribution in [0.15, 0.2) is 49.8 Å². The van der Waals surface area contributed by atoms with Crippen molar-refractivity contribution in [2.24, 2.45) is 0 Å². The summed E-state index contributed by atoms with van der Waals surface area (Å²) in [5.74, 6) is 0.654. The molecule has 2 aromatic heterocycles. The SMILES string of the molecule is C=C.CCCCNc1ncc2c(-c3ccc(CN4CCN(CCOC(F)F)CC4)cc3)c[nH]c2n1.[HH]. The van der Waals surface area contributed by atoms with Gasteiger partial charge in [0.05, 0.1) is 6.61 Å². The number of aromatic amines is 1. The van der Waals surface area contributed by atoms with Crippen molar-refractivity contribution in [1.82, 2.24) is 24.8 Å². The van der Waals surface area contributed by atoms with E-state index in [4.69, 9.17) is 0 Å². The van der Waals surface area contributed by atoms with Crippen molar-refractivity contribution in [1.29, 1.82) is 0 Å². The van der Waals surface area contributed by atoms with Gasteiger partial charge in [-0.25, -0.2) is 4.98 Å². The number of aromatic nitrogens is 3. The minimum Gasteiger partial charge on any atom is -0.354 e. The molecular formula is C26H38F2N6O. The van der Waals surface area contributed by atoms with E-state index >= 15 is 0 Å². The third-order valence-electron chi connectivity index (χ3n) is 6.03. The Morgan fingerprint density at radius 3 is 2.54 bits per heavy atom. The van der Waals surface area contributed by atoms with Crippen molar-refractivity contribution in [3.05, 3.63) is 55.4 Å². The molecule has 0 spiro atoms. The summed E-state index contributed by atoms with van der Waals surface area (Å²) in [5.41, 5.74) is 4.31. The Kier molecular flexibility index (Phi) is 10.6. The van der Waals surface area contributed by atoms with Gasteiger partial charge in [-0.05, 0) is 17.5 Å². The van der Waals surface area contributed by atoms with E-state index in [1.54, 1.807) is 0 Å². The maximum Gasteiger partial charge on any atom is 0.345 e. The highest BCUT2D eigenvalue weighted by Gasteiger charge is 2.17. The van der Waals surface area contributed by atoms with Gasteiger partial charge in [0.1, 0.15) is 5.65 Å². The Hall–Kier alpha value is -2.88. The summed E-state index contributed by atoms with van der Waals surface area (Å²) in [6.45, 7) is 11.4. The van der Waals surface area contributed by atoms with Crippen molar-refractivity contribution >= 4 is 17.0 Å². The first-order valence-corrected chi connectivity index (χ1v) is 12.1. The summed E-state index contributed by atoms with van der Waals surface area (Å²) < 4.78 is 28.6. The van der Waals surface area contributed by atoms with Crippen molar-refractivity contribution in [2.75, 3.05) is 51.2 Å². The lowest BCUT2D eigenvalue weighted by molar-refractivity contribution is -0.132. The molecule has 0 unspecified atom stereocenters. The second-order valence-electron chi connectivity index (χ2n) is 8.38. The minimum absolute atomic E-state index is 0. The fourth-order valence-electron chi connectivity index (χ4n) is 4.10. The third-order valence-corrected chi connectivity index (χ3v) is 6.03. The van der Waals surface area contributed by atoms with Gasteiger partial charge in [-0.15, -0.1) is 13.2 Å². The number of rotatable bonds is 11. The van der Waals surface area contributed by atoms with Crippen LogP contribution in [-0.2, 0) is 11.3 Å². The van der Waals surface area contributed by atoms with Crippen molar-refractivity contribution in [2.45, 2.75) is 32.9 Å². The molecule has 0 amide bonds. The maximum atomic E-state index is 12.1. The number of halogens is 2. The van der Waals surface area contributed by atoms with E-state index in [-0.39, 0.29) is 8.03 Å². The Morgan fingerprint density at radius 2 is 1.86 bits per heavy atom. The smallest absolute Gasteiger partial charge is 0.345 e. The summed E-state index contributed by atoms with van der Waals surface area (Å²) in [5, 5.41) is 4.27. The van der Waals surface area contributed by atoms with Crippen LogP contribution in [0.2, 0.25) is 0 Å². The molecule has 1 fully saturated rings. The lowest BCUT2D eigenvalue weighted by Crippen LogP contribution is -2.46. The lowest BCUT2D eigenvalue weighted by Gasteiger charge is -2.34. The molecule has 9 heteroatoms. The van der Waals surface area contributed by atoms with Gasteiger partial charge >= 0.3 is 6.61 Å². The standard InChI is InChI=1S/C24H32F2N6O.C2H4.H2/c1-2-3-8-27-24-29-16-21-20(15-28-22(21)30-24)19-6-4-18(5-7-19)17-32-11-9-31(10-12-32)13-14-33-23(25)26;1-2;/h4-7,15-16,23H,2-3,8-14,17H2,1H3,(H2,27,28,29,30);1-2H2;1H. The molecule has 1 aromatic carbocycles. The van der Waals surface area contributed by atoms with Crippen LogP contribution >= 0.6 is 0 Å². The van der Waals surface area contributed by atoms with Crippen molar-refractivity contribution < 1.29 is 14.9 Å². The Balaban J connectivity index is 0.00000148. The van der Waals surface area contributed by atoms with E-state index < -0.39 is 6.61 Å². The van der Waals surface area contributed by atoms with Crippen LogP contribution in [-0.4, -0.2) is 77.2 Å². The van der Waals surface area contributed by atoms with Crippen LogP contribution in [0, 0.1) is 0 Å². The number of ether oxygens (including phenoxy) is 1. The summed E-state index contributed by atoms with van der Waals surface area (Å²) in [7, 11) is 0. The zero-order chi connectivity index (χ0) is 25.0. The van der Waals surface area contributed by atoms with Gasteiger partial charge in [0.2, 0.25) is 5.95 Å². The molecule has 0 bridgehead atoms. The van der Waals surface area contributed by atoms with Gasteiger partial charge < -0.3 is 15.0 Å². The molecule has 2 N–H and O–H groups in total. The first kappa shape index (κ1) is 26.7. The van der Waals surface area contributed by atoms with E-state index in [0.29, 0.717) is 12.5 Å². The molecule has 7 nitrogen and oxygen atoms in total. The van der Waals surface area contributed by atoms with Gasteiger partial charge in [-0.2, -0.15) is 13.8 Å². The van der Waals surface area contributed by atoms with Crippen LogP contribution in [0.5, 0.6) is 0 Å². The van der Waals surface area contributed by atoms with Crippen LogP contribution in [0.4, 0.5) is 14.7 Å². The average molecular weight is 489 g/mol. The second-order valence-corrected chi connectivity index (χ2v) is 8.38. The van der Waals surface area contributed by atoms with E-state index in [0.717, 1.165) is 74.3 Å². The van der Waals surface area contributed by atoms with Crippen LogP contribution in [0.3, 0.4) is 0 Å². The van der Waals surface area contributed by atoms with Gasteiger partial charge in [0.15, 0.2) is 0 Å². The van der Waals surface area contributed by atoms with E-state index in [1.807, 2.05) is 12.4 Å². The van der Waals surface area contributed by atoms with E-state index in [9.17, 15) is 8.78 Å². The highest BCUT2D eigenvalue weighted by molar-refractivity contribution is 5.93. The van der Waals surface area contributed by atoms with Gasteiger partial charge in [0, 0.05) is 70.6 Å². The van der Waals surface area contributed by atoms with Gasteiger partial charge in [0.25, 0.3) is 0 Å². The molecule has 1 aliphatic rings. The molecule has 1 aliphatic heterocycles. The number of anilines is 1. The Bertz CT molecular complexity index is 1020. The van der Waals surface area contributed by atoms with Crippen LogP contribution < -0.4 is 5.32 Å². The maximum absolute atomic E-state index is 12.1. The number of alkyl halides is 2. The number of fused-ring (bicyclic) bond motifs is 1. The zero-order valence-corrected chi connectivity index (χ0v) is 20.5. The fourth-order valence-corrected chi connectivity index (χ4v) is 4.10. The number of H-pyrrole nitrogens is 1. The number of nitrogens with one attached hydrogen (secondary N) is 2. The normalized spacial score (nSPS) is 14.7. The molecule has 0 saturated carbocycles. The first-order chi connectivity index (χ1) is 17.1. The van der Waals surface area contributed by atoms with Crippen LogP contribution in [0.25, 0.3) is 22.2 Å². The van der Waals surface area contributed by atoms with Gasteiger partial charge in [-0.1, -0.05) is 37.6 Å². The predicted molar refractivity (Wildman–Crippen MR) is 140 cm³/mol. The van der Waals surface area contributed by atoms with Crippen molar-refractivity contribution in [3.8, 4) is 11.1 Å².